The zero-order valence-corrected chi connectivity index (χ0v) is 10.9. The monoisotopic (exact) mass is 244 g/mol. The normalized spacial score (nSPS) is 16.0. The first-order valence-corrected chi connectivity index (χ1v) is 6.41. The van der Waals surface area contributed by atoms with Crippen molar-refractivity contribution in [3.8, 4) is 0 Å². The lowest BCUT2D eigenvalue weighted by Gasteiger charge is -2.31. The lowest BCUT2D eigenvalue weighted by molar-refractivity contribution is -0.119. The van der Waals surface area contributed by atoms with Crippen molar-refractivity contribution in [3.05, 3.63) is 42.0 Å². The molecule has 0 fully saturated rings. The lowest BCUT2D eigenvalue weighted by atomic mass is 9.98. The summed E-state index contributed by atoms with van der Waals surface area (Å²) in [5, 5.41) is 0. The van der Waals surface area contributed by atoms with E-state index in [-0.39, 0.29) is 5.91 Å². The van der Waals surface area contributed by atoms with Crippen molar-refractivity contribution in [2.45, 2.75) is 32.2 Å². The summed E-state index contributed by atoms with van der Waals surface area (Å²) in [6.45, 7) is 6.47. The quantitative estimate of drug-likeness (QED) is 0.828. The number of carbonyl (C=O) groups is 1. The molecule has 2 rings (SSSR count). The first kappa shape index (κ1) is 12.8. The van der Waals surface area contributed by atoms with Gasteiger partial charge < -0.3 is 10.6 Å². The molecule has 1 aliphatic rings. The molecular formula is C15H20N2O. The molecule has 0 saturated heterocycles. The molecule has 1 atom stereocenters. The van der Waals surface area contributed by atoms with Crippen LogP contribution in [0.1, 0.15) is 24.0 Å². The third-order valence-corrected chi connectivity index (χ3v) is 3.36. The summed E-state index contributed by atoms with van der Waals surface area (Å²) in [6, 6.07) is 5.76. The van der Waals surface area contributed by atoms with E-state index in [1.54, 1.807) is 6.08 Å². The molecule has 0 aromatic heterocycles. The van der Waals surface area contributed by atoms with Crippen LogP contribution in [-0.4, -0.2) is 18.5 Å². The van der Waals surface area contributed by atoms with Crippen LogP contribution in [0.3, 0.4) is 0 Å². The average Bonchev–Trinajstić information content (AvgIpc) is 2.37. The molecule has 1 unspecified atom stereocenters. The number of benzene rings is 1. The lowest BCUT2D eigenvalue weighted by Crippen LogP contribution is -2.45. The summed E-state index contributed by atoms with van der Waals surface area (Å²) >= 11 is 0. The predicted molar refractivity (Wildman–Crippen MR) is 74.6 cm³/mol. The van der Waals surface area contributed by atoms with Crippen LogP contribution in [0, 0.1) is 6.92 Å². The topological polar surface area (TPSA) is 46.3 Å². The summed E-state index contributed by atoms with van der Waals surface area (Å²) in [5.41, 5.74) is 9.39. The average molecular weight is 244 g/mol. The van der Waals surface area contributed by atoms with Crippen LogP contribution >= 0.6 is 0 Å². The minimum atomic E-state index is -0.477. The SMILES string of the molecule is C=CCC(N)C(=O)N1CCCc2cc(C)ccc21. The Morgan fingerprint density at radius 2 is 2.39 bits per heavy atom. The third kappa shape index (κ3) is 2.46. The number of hydrogen-bond acceptors (Lipinski definition) is 2. The van der Waals surface area contributed by atoms with Crippen LogP contribution in [0.25, 0.3) is 0 Å². The summed E-state index contributed by atoms with van der Waals surface area (Å²) in [4.78, 5) is 14.1. The number of rotatable bonds is 3. The smallest absolute Gasteiger partial charge is 0.244 e. The van der Waals surface area contributed by atoms with Gasteiger partial charge in [-0.1, -0.05) is 23.8 Å². The van der Waals surface area contributed by atoms with Crippen LogP contribution in [0.15, 0.2) is 30.9 Å². The number of amides is 1. The molecule has 1 heterocycles. The molecule has 1 aliphatic heterocycles. The highest BCUT2D eigenvalue weighted by atomic mass is 16.2. The number of anilines is 1. The van der Waals surface area contributed by atoms with Gasteiger partial charge in [0.05, 0.1) is 6.04 Å². The zero-order chi connectivity index (χ0) is 13.1. The molecule has 0 bridgehead atoms. The van der Waals surface area contributed by atoms with E-state index >= 15 is 0 Å². The van der Waals surface area contributed by atoms with Gasteiger partial charge in [0, 0.05) is 12.2 Å². The molecule has 0 aliphatic carbocycles. The Bertz CT molecular complexity index is 468. The van der Waals surface area contributed by atoms with E-state index < -0.39 is 6.04 Å². The van der Waals surface area contributed by atoms with Gasteiger partial charge in [-0.25, -0.2) is 0 Å². The maximum Gasteiger partial charge on any atom is 0.244 e. The van der Waals surface area contributed by atoms with Crippen molar-refractivity contribution in [1.29, 1.82) is 0 Å². The zero-order valence-electron chi connectivity index (χ0n) is 10.9. The fraction of sp³-hybridized carbons (Fsp3) is 0.400. The van der Waals surface area contributed by atoms with E-state index in [9.17, 15) is 4.79 Å². The van der Waals surface area contributed by atoms with E-state index in [1.807, 2.05) is 17.0 Å². The second-order valence-corrected chi connectivity index (χ2v) is 4.86. The molecule has 1 amide bonds. The van der Waals surface area contributed by atoms with E-state index in [4.69, 9.17) is 5.73 Å². The molecule has 0 saturated carbocycles. The molecule has 0 spiro atoms. The molecule has 1 aromatic rings. The second kappa shape index (κ2) is 5.36. The minimum Gasteiger partial charge on any atom is -0.320 e. The van der Waals surface area contributed by atoms with Gasteiger partial charge in [0.2, 0.25) is 5.91 Å². The molecule has 1 aromatic carbocycles. The molecule has 3 heteroatoms. The van der Waals surface area contributed by atoms with Crippen LogP contribution in [0.2, 0.25) is 0 Å². The van der Waals surface area contributed by atoms with E-state index in [1.165, 1.54) is 11.1 Å². The van der Waals surface area contributed by atoms with Gasteiger partial charge >= 0.3 is 0 Å². The first-order valence-electron chi connectivity index (χ1n) is 6.41. The van der Waals surface area contributed by atoms with Crippen LogP contribution in [0.5, 0.6) is 0 Å². The van der Waals surface area contributed by atoms with Crippen molar-refractivity contribution in [3.63, 3.8) is 0 Å². The van der Waals surface area contributed by atoms with Crippen molar-refractivity contribution in [2.75, 3.05) is 11.4 Å². The molecule has 96 valence electrons. The van der Waals surface area contributed by atoms with Gasteiger partial charge in [-0.05, 0) is 37.8 Å². The number of nitrogens with two attached hydrogens (primary N) is 1. The number of carbonyl (C=O) groups excluding carboxylic acids is 1. The first-order chi connectivity index (χ1) is 8.63. The van der Waals surface area contributed by atoms with Crippen molar-refractivity contribution in [2.24, 2.45) is 5.73 Å². The molecule has 2 N–H and O–H groups in total. The van der Waals surface area contributed by atoms with Crippen molar-refractivity contribution in [1.82, 2.24) is 0 Å². The molecule has 3 nitrogen and oxygen atoms in total. The van der Waals surface area contributed by atoms with Crippen LogP contribution < -0.4 is 10.6 Å². The largest absolute Gasteiger partial charge is 0.320 e. The van der Waals surface area contributed by atoms with Gasteiger partial charge in [-0.2, -0.15) is 0 Å². The van der Waals surface area contributed by atoms with Crippen molar-refractivity contribution >= 4 is 11.6 Å². The minimum absolute atomic E-state index is 0.000275. The van der Waals surface area contributed by atoms with E-state index in [0.29, 0.717) is 6.42 Å². The van der Waals surface area contributed by atoms with Crippen LogP contribution in [0.4, 0.5) is 5.69 Å². The Morgan fingerprint density at radius 1 is 1.61 bits per heavy atom. The summed E-state index contributed by atoms with van der Waals surface area (Å²) < 4.78 is 0. The fourth-order valence-electron chi connectivity index (χ4n) is 2.44. The van der Waals surface area contributed by atoms with Crippen LogP contribution in [-0.2, 0) is 11.2 Å². The molecule has 0 radical (unpaired) electrons. The second-order valence-electron chi connectivity index (χ2n) is 4.86. The Kier molecular flexibility index (Phi) is 3.82. The fourth-order valence-corrected chi connectivity index (χ4v) is 2.44. The van der Waals surface area contributed by atoms with Gasteiger partial charge in [0.15, 0.2) is 0 Å². The van der Waals surface area contributed by atoms with Gasteiger partial charge in [0.1, 0.15) is 0 Å². The maximum atomic E-state index is 12.3. The summed E-state index contributed by atoms with van der Waals surface area (Å²) in [7, 11) is 0. The highest BCUT2D eigenvalue weighted by molar-refractivity contribution is 5.98. The number of hydrogen-bond donors (Lipinski definition) is 1. The Morgan fingerprint density at radius 3 is 3.11 bits per heavy atom. The maximum absolute atomic E-state index is 12.3. The number of nitrogens with zero attached hydrogens (tertiary/aromatic N) is 1. The third-order valence-electron chi connectivity index (χ3n) is 3.36. The summed E-state index contributed by atoms with van der Waals surface area (Å²) in [5.74, 6) is -0.000275. The van der Waals surface area contributed by atoms with E-state index in [2.05, 4.69) is 19.6 Å². The Balaban J connectivity index is 2.27. The Hall–Kier alpha value is -1.61. The number of fused-ring (bicyclic) bond motifs is 1. The van der Waals surface area contributed by atoms with Gasteiger partial charge in [0.25, 0.3) is 0 Å². The standard InChI is InChI=1S/C15H20N2O/c1-3-5-13(16)15(18)17-9-4-6-12-10-11(2)7-8-14(12)17/h3,7-8,10,13H,1,4-6,9,16H2,2H3. The van der Waals surface area contributed by atoms with Gasteiger partial charge in [-0.3, -0.25) is 4.79 Å². The highest BCUT2D eigenvalue weighted by Crippen LogP contribution is 2.28. The number of aryl methyl sites for hydroxylation is 2. The summed E-state index contributed by atoms with van der Waals surface area (Å²) in [6.07, 6.45) is 4.26. The molecular weight excluding hydrogens is 224 g/mol. The predicted octanol–water partition coefficient (Wildman–Crippen LogP) is 2.18. The Labute approximate surface area is 108 Å². The van der Waals surface area contributed by atoms with E-state index in [0.717, 1.165) is 25.1 Å². The van der Waals surface area contributed by atoms with Crippen molar-refractivity contribution < 1.29 is 4.79 Å². The highest BCUT2D eigenvalue weighted by Gasteiger charge is 2.25. The molecule has 18 heavy (non-hydrogen) atoms. The van der Waals surface area contributed by atoms with Gasteiger partial charge in [-0.15, -0.1) is 6.58 Å².